The lowest BCUT2D eigenvalue weighted by atomic mass is 10.0. The van der Waals surface area contributed by atoms with E-state index in [1.165, 1.54) is 4.88 Å². The largest absolute Gasteiger partial charge is 0.478 e. The lowest BCUT2D eigenvalue weighted by Gasteiger charge is -2.29. The van der Waals surface area contributed by atoms with Gasteiger partial charge in [-0.2, -0.15) is 0 Å². The lowest BCUT2D eigenvalue weighted by Crippen LogP contribution is -2.33. The van der Waals surface area contributed by atoms with Crippen molar-refractivity contribution in [2.45, 2.75) is 13.0 Å². The van der Waals surface area contributed by atoms with E-state index in [0.29, 0.717) is 29.6 Å². The third-order valence-electron chi connectivity index (χ3n) is 5.13. The second-order valence-electron chi connectivity index (χ2n) is 7.04. The molecule has 0 N–H and O–H groups in total. The van der Waals surface area contributed by atoms with E-state index in [0.717, 1.165) is 29.8 Å². The molecule has 3 aromatic rings. The van der Waals surface area contributed by atoms with Crippen LogP contribution in [0.3, 0.4) is 0 Å². The van der Waals surface area contributed by atoms with Gasteiger partial charge in [0.15, 0.2) is 5.76 Å². The third kappa shape index (κ3) is 3.57. The van der Waals surface area contributed by atoms with Crippen LogP contribution in [-0.4, -0.2) is 24.0 Å². The zero-order chi connectivity index (χ0) is 19.8. The van der Waals surface area contributed by atoms with E-state index >= 15 is 0 Å². The first-order valence-electron chi connectivity index (χ1n) is 9.41. The minimum Gasteiger partial charge on any atom is -0.478 e. The number of thiophene rings is 1. The number of fused-ring (bicyclic) bond motifs is 3. The van der Waals surface area contributed by atoms with Gasteiger partial charge in [-0.25, -0.2) is 0 Å². The standard InChI is InChI=1S/C23H18ClNO3S/c24-19-6-2-1-4-15(19)12-21-22(26)17-7-8-20-18(23(17)28-21)13-25(14-27-20)10-9-16-5-3-11-29-16/h1-8,11-12H,9-10,13-14H2/b21-12-. The second kappa shape index (κ2) is 7.67. The van der Waals surface area contributed by atoms with Crippen LogP contribution < -0.4 is 9.47 Å². The predicted molar refractivity (Wildman–Crippen MR) is 115 cm³/mol. The molecule has 0 aliphatic carbocycles. The van der Waals surface area contributed by atoms with Crippen LogP contribution in [0.1, 0.15) is 26.4 Å². The van der Waals surface area contributed by atoms with E-state index in [4.69, 9.17) is 21.1 Å². The van der Waals surface area contributed by atoms with Gasteiger partial charge in [-0.15, -0.1) is 11.3 Å². The van der Waals surface area contributed by atoms with Crippen molar-refractivity contribution in [2.24, 2.45) is 0 Å². The van der Waals surface area contributed by atoms with Gasteiger partial charge in [-0.05, 0) is 47.7 Å². The van der Waals surface area contributed by atoms with Crippen molar-refractivity contribution in [3.8, 4) is 11.5 Å². The van der Waals surface area contributed by atoms with E-state index in [9.17, 15) is 4.79 Å². The molecule has 1 aromatic heterocycles. The van der Waals surface area contributed by atoms with Crippen LogP contribution in [0.5, 0.6) is 11.5 Å². The summed E-state index contributed by atoms with van der Waals surface area (Å²) in [4.78, 5) is 16.5. The number of ketones is 1. The van der Waals surface area contributed by atoms with Crippen LogP contribution in [0.15, 0.2) is 59.7 Å². The van der Waals surface area contributed by atoms with Gasteiger partial charge in [0.05, 0.1) is 11.1 Å². The number of hydrogen-bond donors (Lipinski definition) is 0. The van der Waals surface area contributed by atoms with Crippen molar-refractivity contribution in [3.05, 3.63) is 86.3 Å². The highest BCUT2D eigenvalue weighted by molar-refractivity contribution is 7.09. The number of allylic oxidation sites excluding steroid dienone is 1. The molecule has 0 radical (unpaired) electrons. The molecular formula is C23H18ClNO3S. The highest BCUT2D eigenvalue weighted by Gasteiger charge is 2.33. The number of nitrogens with zero attached hydrogens (tertiary/aromatic N) is 1. The molecule has 3 heterocycles. The lowest BCUT2D eigenvalue weighted by molar-refractivity contribution is 0.0951. The SMILES string of the molecule is O=C1/C(=C/c2ccccc2Cl)Oc2c1ccc1c2CN(CCc2cccs2)CO1. The third-order valence-corrected chi connectivity index (χ3v) is 6.41. The first-order valence-corrected chi connectivity index (χ1v) is 10.7. The molecule has 0 atom stereocenters. The molecule has 29 heavy (non-hydrogen) atoms. The Bertz CT molecular complexity index is 1110. The van der Waals surface area contributed by atoms with Crippen LogP contribution in [0.25, 0.3) is 6.08 Å². The summed E-state index contributed by atoms with van der Waals surface area (Å²) in [6.45, 7) is 2.11. The van der Waals surface area contributed by atoms with Gasteiger partial charge in [0, 0.05) is 23.0 Å². The van der Waals surface area contributed by atoms with Gasteiger partial charge in [-0.1, -0.05) is 35.9 Å². The van der Waals surface area contributed by atoms with Crippen LogP contribution in [-0.2, 0) is 13.0 Å². The fourth-order valence-corrected chi connectivity index (χ4v) is 4.49. The van der Waals surface area contributed by atoms with Crippen molar-refractivity contribution in [1.82, 2.24) is 4.90 Å². The molecule has 2 aliphatic rings. The van der Waals surface area contributed by atoms with Crippen molar-refractivity contribution in [2.75, 3.05) is 13.3 Å². The van der Waals surface area contributed by atoms with Gasteiger partial charge in [0.1, 0.15) is 18.2 Å². The molecule has 4 nitrogen and oxygen atoms in total. The monoisotopic (exact) mass is 423 g/mol. The molecule has 2 aromatic carbocycles. The fraction of sp³-hybridized carbons (Fsp3) is 0.174. The van der Waals surface area contributed by atoms with Crippen LogP contribution in [0.4, 0.5) is 0 Å². The van der Waals surface area contributed by atoms with Crippen molar-refractivity contribution < 1.29 is 14.3 Å². The first-order chi connectivity index (χ1) is 14.2. The summed E-state index contributed by atoms with van der Waals surface area (Å²) in [6, 6.07) is 15.3. The zero-order valence-corrected chi connectivity index (χ0v) is 17.1. The number of ether oxygens (including phenoxy) is 2. The van der Waals surface area contributed by atoms with Crippen LogP contribution in [0.2, 0.25) is 5.02 Å². The number of Topliss-reactive ketones (excluding diaryl/α,β-unsaturated/α-hetero) is 1. The topological polar surface area (TPSA) is 38.8 Å². The Hall–Kier alpha value is -2.60. The van der Waals surface area contributed by atoms with E-state index in [1.807, 2.05) is 24.3 Å². The Morgan fingerprint density at radius 3 is 2.86 bits per heavy atom. The summed E-state index contributed by atoms with van der Waals surface area (Å²) >= 11 is 8.00. The average molecular weight is 424 g/mol. The molecule has 0 saturated heterocycles. The number of hydrogen-bond acceptors (Lipinski definition) is 5. The summed E-state index contributed by atoms with van der Waals surface area (Å²) in [7, 11) is 0. The summed E-state index contributed by atoms with van der Waals surface area (Å²) in [5.74, 6) is 1.55. The quantitative estimate of drug-likeness (QED) is 0.526. The van der Waals surface area contributed by atoms with Crippen molar-refractivity contribution in [3.63, 3.8) is 0 Å². The maximum Gasteiger partial charge on any atom is 0.231 e. The van der Waals surface area contributed by atoms with E-state index in [2.05, 4.69) is 22.4 Å². The Labute approximate surface area is 177 Å². The molecular weight excluding hydrogens is 406 g/mol. The smallest absolute Gasteiger partial charge is 0.231 e. The van der Waals surface area contributed by atoms with Crippen LogP contribution in [0, 0.1) is 0 Å². The fourth-order valence-electron chi connectivity index (χ4n) is 3.60. The van der Waals surface area contributed by atoms with Gasteiger partial charge < -0.3 is 9.47 Å². The minimum absolute atomic E-state index is 0.126. The maximum atomic E-state index is 12.9. The number of carbonyl (C=O) groups excluding carboxylic acids is 1. The minimum atomic E-state index is -0.126. The van der Waals surface area contributed by atoms with Crippen molar-refractivity contribution in [1.29, 1.82) is 0 Å². The van der Waals surface area contributed by atoms with E-state index < -0.39 is 0 Å². The molecule has 0 spiro atoms. The molecule has 5 rings (SSSR count). The number of halogens is 1. The van der Waals surface area contributed by atoms with E-state index in [1.54, 1.807) is 29.5 Å². The highest BCUT2D eigenvalue weighted by atomic mass is 35.5. The number of benzene rings is 2. The summed E-state index contributed by atoms with van der Waals surface area (Å²) in [5, 5.41) is 2.67. The Morgan fingerprint density at radius 1 is 1.14 bits per heavy atom. The molecule has 0 amide bonds. The Kier molecular flexibility index (Phi) is 4.87. The molecule has 6 heteroatoms. The molecule has 0 bridgehead atoms. The Morgan fingerprint density at radius 2 is 2.03 bits per heavy atom. The highest BCUT2D eigenvalue weighted by Crippen LogP contribution is 2.42. The predicted octanol–water partition coefficient (Wildman–Crippen LogP) is 5.41. The number of carbonyl (C=O) groups is 1. The first kappa shape index (κ1) is 18.4. The summed E-state index contributed by atoms with van der Waals surface area (Å²) < 4.78 is 12.0. The van der Waals surface area contributed by atoms with Gasteiger partial charge in [0.2, 0.25) is 5.78 Å². The van der Waals surface area contributed by atoms with Gasteiger partial charge in [-0.3, -0.25) is 9.69 Å². The normalized spacial score (nSPS) is 17.0. The van der Waals surface area contributed by atoms with Gasteiger partial charge >= 0.3 is 0 Å². The molecule has 0 fully saturated rings. The molecule has 2 aliphatic heterocycles. The van der Waals surface area contributed by atoms with Crippen molar-refractivity contribution >= 4 is 34.8 Å². The zero-order valence-electron chi connectivity index (χ0n) is 15.6. The summed E-state index contributed by atoms with van der Waals surface area (Å²) in [5.41, 5.74) is 2.26. The average Bonchev–Trinajstić information content (AvgIpc) is 3.37. The molecule has 0 unspecified atom stereocenters. The molecule has 146 valence electrons. The second-order valence-corrected chi connectivity index (χ2v) is 8.48. The van der Waals surface area contributed by atoms with Gasteiger partial charge in [0.25, 0.3) is 0 Å². The summed E-state index contributed by atoms with van der Waals surface area (Å²) in [6.07, 6.45) is 2.68. The Balaban J connectivity index is 1.40. The number of rotatable bonds is 4. The van der Waals surface area contributed by atoms with Crippen LogP contribution >= 0.6 is 22.9 Å². The molecule has 0 saturated carbocycles. The maximum absolute atomic E-state index is 12.9. The van der Waals surface area contributed by atoms with E-state index in [-0.39, 0.29) is 11.5 Å².